The van der Waals surface area contributed by atoms with E-state index < -0.39 is 38.9 Å². The largest absolute Gasteiger partial charge is 0.507 e. The summed E-state index contributed by atoms with van der Waals surface area (Å²) in [6.45, 7) is 2.38. The quantitative estimate of drug-likeness (QED) is 0.293. The van der Waals surface area contributed by atoms with Crippen LogP contribution in [0.2, 0.25) is 0 Å². The molecule has 0 aromatic heterocycles. The fraction of sp³-hybridized carbons (Fsp3) is 0.370. The second-order valence-electron chi connectivity index (χ2n) is 9.35. The second-order valence-corrected chi connectivity index (χ2v) is 11.5. The van der Waals surface area contributed by atoms with Crippen LogP contribution in [0.1, 0.15) is 30.9 Å². The summed E-state index contributed by atoms with van der Waals surface area (Å²) in [4.78, 5) is 43.9. The third kappa shape index (κ3) is 4.01. The van der Waals surface area contributed by atoms with Gasteiger partial charge in [-0.25, -0.2) is 12.7 Å². The van der Waals surface area contributed by atoms with E-state index in [0.717, 1.165) is 10.7 Å². The molecule has 0 aliphatic carbocycles. The van der Waals surface area contributed by atoms with Crippen LogP contribution in [0.25, 0.3) is 5.76 Å². The molecule has 1 fully saturated rings. The second kappa shape index (κ2) is 10.3. The summed E-state index contributed by atoms with van der Waals surface area (Å²) >= 11 is 0. The molecule has 1 unspecified atom stereocenters. The smallest absolute Gasteiger partial charge is 0.296 e. The minimum atomic E-state index is -3.73. The third-order valence-electron chi connectivity index (χ3n) is 6.97. The number of para-hydroxylation sites is 1. The van der Waals surface area contributed by atoms with Crippen molar-refractivity contribution >= 4 is 39.1 Å². The number of anilines is 1. The predicted octanol–water partition coefficient (Wildman–Crippen LogP) is 2.31. The zero-order chi connectivity index (χ0) is 27.8. The molecule has 10 nitrogen and oxygen atoms in total. The number of Topliss-reactive ketones (excluding diaryl/α,β-unsaturated/α-hetero) is 1. The Balaban J connectivity index is 1.97. The van der Waals surface area contributed by atoms with Crippen LogP contribution in [-0.2, 0) is 34.7 Å². The number of nitrogens with zero attached hydrogens (tertiary/aromatic N) is 3. The van der Waals surface area contributed by atoms with E-state index in [1.54, 1.807) is 29.2 Å². The number of rotatable bonds is 9. The number of aliphatic hydroxyl groups is 1. The van der Waals surface area contributed by atoms with Gasteiger partial charge in [-0.15, -0.1) is 0 Å². The maximum Gasteiger partial charge on any atom is 0.296 e. The van der Waals surface area contributed by atoms with Crippen LogP contribution >= 0.6 is 0 Å². The van der Waals surface area contributed by atoms with E-state index in [9.17, 15) is 27.9 Å². The van der Waals surface area contributed by atoms with Crippen molar-refractivity contribution in [1.82, 2.24) is 9.21 Å². The van der Waals surface area contributed by atoms with Crippen LogP contribution in [0.3, 0.4) is 0 Å². The van der Waals surface area contributed by atoms with E-state index in [1.807, 2.05) is 6.92 Å². The highest BCUT2D eigenvalue weighted by Gasteiger charge is 2.66. The number of benzene rings is 2. The van der Waals surface area contributed by atoms with Crippen molar-refractivity contribution in [3.05, 3.63) is 65.2 Å². The molecule has 202 valence electrons. The first kappa shape index (κ1) is 27.5. The van der Waals surface area contributed by atoms with Crippen molar-refractivity contribution < 1.29 is 32.6 Å². The van der Waals surface area contributed by atoms with Crippen molar-refractivity contribution in [2.45, 2.75) is 30.2 Å². The molecule has 1 N–H and O–H groups in total. The third-order valence-corrected chi connectivity index (χ3v) is 8.80. The summed E-state index contributed by atoms with van der Waals surface area (Å²) in [7, 11) is 0.517. The zero-order valence-corrected chi connectivity index (χ0v) is 22.6. The van der Waals surface area contributed by atoms with Crippen LogP contribution < -0.4 is 4.90 Å². The lowest BCUT2D eigenvalue weighted by atomic mass is 9.82. The average molecular weight is 542 g/mol. The monoisotopic (exact) mass is 541 g/mol. The number of hydrogen-bond donors (Lipinski definition) is 1. The Morgan fingerprint density at radius 3 is 2.29 bits per heavy atom. The first-order chi connectivity index (χ1) is 18.0. The molecule has 2 aromatic rings. The van der Waals surface area contributed by atoms with Gasteiger partial charge in [0.2, 0.25) is 10.0 Å². The van der Waals surface area contributed by atoms with Gasteiger partial charge >= 0.3 is 0 Å². The molecular formula is C27H31N3O7S. The van der Waals surface area contributed by atoms with Gasteiger partial charge in [0.25, 0.3) is 17.6 Å². The number of aliphatic hydroxyl groups excluding tert-OH is 1. The van der Waals surface area contributed by atoms with Crippen molar-refractivity contribution in [3.63, 3.8) is 0 Å². The Morgan fingerprint density at radius 2 is 1.68 bits per heavy atom. The van der Waals surface area contributed by atoms with E-state index >= 15 is 0 Å². The molecule has 11 heteroatoms. The Bertz CT molecular complexity index is 1420. The fourth-order valence-electron chi connectivity index (χ4n) is 5.03. The van der Waals surface area contributed by atoms with Crippen LogP contribution in [-0.4, -0.2) is 81.2 Å². The number of hydrogen-bond acceptors (Lipinski definition) is 7. The van der Waals surface area contributed by atoms with E-state index in [2.05, 4.69) is 0 Å². The summed E-state index contributed by atoms with van der Waals surface area (Å²) in [5.41, 5.74) is -1.14. The standard InChI is InChI=1S/C27H31N3O7S/c1-5-6-15-29-21-10-8-7-9-20(21)27(26(29)34)22(24(32)25(33)30(27)16-17-37-4)23(31)18-11-13-19(14-12-18)38(35,36)28(2)3/h7-14,31H,5-6,15-17H2,1-4H3/b23-22+. The van der Waals surface area contributed by atoms with E-state index in [0.29, 0.717) is 24.2 Å². The number of ether oxygens (including phenoxy) is 1. The van der Waals surface area contributed by atoms with Crippen LogP contribution in [0.4, 0.5) is 5.69 Å². The molecule has 0 radical (unpaired) electrons. The van der Waals surface area contributed by atoms with Crippen molar-refractivity contribution in [2.24, 2.45) is 0 Å². The number of ketones is 1. The molecule has 0 saturated carbocycles. The Hall–Kier alpha value is -3.54. The number of unbranched alkanes of at least 4 members (excludes halogenated alkanes) is 1. The highest BCUT2D eigenvalue weighted by molar-refractivity contribution is 7.89. The molecule has 1 atom stereocenters. The molecule has 2 heterocycles. The summed E-state index contributed by atoms with van der Waals surface area (Å²) < 4.78 is 31.2. The maximum atomic E-state index is 14.3. The molecule has 2 aliphatic heterocycles. The molecule has 38 heavy (non-hydrogen) atoms. The molecule has 2 aliphatic rings. The summed E-state index contributed by atoms with van der Waals surface area (Å²) in [5.74, 6) is -2.98. The molecule has 1 spiro atoms. The van der Waals surface area contributed by atoms with E-state index in [4.69, 9.17) is 4.74 Å². The predicted molar refractivity (Wildman–Crippen MR) is 141 cm³/mol. The molecule has 2 amide bonds. The fourth-order valence-corrected chi connectivity index (χ4v) is 5.93. The highest BCUT2D eigenvalue weighted by atomic mass is 32.2. The van der Waals surface area contributed by atoms with Gasteiger partial charge in [0.15, 0.2) is 5.54 Å². The van der Waals surface area contributed by atoms with Crippen LogP contribution in [0.15, 0.2) is 59.0 Å². The van der Waals surface area contributed by atoms with Crippen LogP contribution in [0.5, 0.6) is 0 Å². The van der Waals surface area contributed by atoms with Crippen molar-refractivity contribution in [3.8, 4) is 0 Å². The SMILES string of the molecule is CCCCN1C(=O)C2(/C(=C(/O)c3ccc(S(=O)(=O)N(C)C)cc3)C(=O)C(=O)N2CCOC)c2ccccc21. The molecule has 0 bridgehead atoms. The van der Waals surface area contributed by atoms with Gasteiger partial charge in [-0.3, -0.25) is 14.4 Å². The van der Waals surface area contributed by atoms with E-state index in [-0.39, 0.29) is 29.2 Å². The lowest BCUT2D eigenvalue weighted by molar-refractivity contribution is -0.144. The van der Waals surface area contributed by atoms with Gasteiger partial charge in [-0.05, 0) is 36.8 Å². The number of amides is 2. The number of carbonyl (C=O) groups is 3. The Kier molecular flexibility index (Phi) is 7.46. The van der Waals surface area contributed by atoms with Gasteiger partial charge in [0.1, 0.15) is 5.76 Å². The number of fused-ring (bicyclic) bond motifs is 2. The number of methoxy groups -OCH3 is 1. The topological polar surface area (TPSA) is 125 Å². The normalized spacial score (nSPS) is 20.7. The average Bonchev–Trinajstić information content (AvgIpc) is 3.28. The first-order valence-corrected chi connectivity index (χ1v) is 13.7. The molecule has 2 aromatic carbocycles. The van der Waals surface area contributed by atoms with Crippen molar-refractivity contribution in [1.29, 1.82) is 0 Å². The van der Waals surface area contributed by atoms with Crippen molar-refractivity contribution in [2.75, 3.05) is 45.8 Å². The summed E-state index contributed by atoms with van der Waals surface area (Å²) in [6, 6.07) is 12.2. The molecular weight excluding hydrogens is 510 g/mol. The summed E-state index contributed by atoms with van der Waals surface area (Å²) in [6.07, 6.45) is 1.52. The Morgan fingerprint density at radius 1 is 1.03 bits per heavy atom. The lowest BCUT2D eigenvalue weighted by Crippen LogP contribution is -2.52. The Labute approximate surface area is 222 Å². The summed E-state index contributed by atoms with van der Waals surface area (Å²) in [5, 5.41) is 11.5. The molecule has 1 saturated heterocycles. The first-order valence-electron chi connectivity index (χ1n) is 12.3. The number of sulfonamides is 1. The highest BCUT2D eigenvalue weighted by Crippen LogP contribution is 2.53. The number of likely N-dealkylation sites (tertiary alicyclic amines) is 1. The minimum absolute atomic E-state index is 0.0117. The van der Waals surface area contributed by atoms with Gasteiger partial charge < -0.3 is 19.6 Å². The van der Waals surface area contributed by atoms with Gasteiger partial charge in [-0.1, -0.05) is 31.5 Å². The van der Waals surface area contributed by atoms with Gasteiger partial charge in [0.05, 0.1) is 22.8 Å². The van der Waals surface area contributed by atoms with Gasteiger partial charge in [-0.2, -0.15) is 0 Å². The number of carbonyl (C=O) groups excluding carboxylic acids is 3. The molecule has 4 rings (SSSR count). The van der Waals surface area contributed by atoms with E-state index in [1.165, 1.54) is 50.4 Å². The minimum Gasteiger partial charge on any atom is -0.507 e. The van der Waals surface area contributed by atoms with Gasteiger partial charge in [0, 0.05) is 45.4 Å². The maximum absolute atomic E-state index is 14.3. The van der Waals surface area contributed by atoms with Crippen LogP contribution in [0, 0.1) is 0 Å². The zero-order valence-electron chi connectivity index (χ0n) is 21.8. The lowest BCUT2D eigenvalue weighted by Gasteiger charge is -2.34.